The van der Waals surface area contributed by atoms with Crippen LogP contribution in [0.1, 0.15) is 33.0 Å². The van der Waals surface area contributed by atoms with Crippen molar-refractivity contribution >= 4 is 0 Å². The van der Waals surface area contributed by atoms with E-state index in [4.69, 9.17) is 4.74 Å². The van der Waals surface area contributed by atoms with E-state index in [0.717, 1.165) is 25.2 Å². The fourth-order valence-corrected chi connectivity index (χ4v) is 1.96. The highest BCUT2D eigenvalue weighted by Gasteiger charge is 2.28. The summed E-state index contributed by atoms with van der Waals surface area (Å²) in [6, 6.07) is 0.261. The minimum atomic E-state index is -0.192. The van der Waals surface area contributed by atoms with Crippen molar-refractivity contribution in [3.63, 3.8) is 0 Å². The van der Waals surface area contributed by atoms with Crippen molar-refractivity contribution in [3.8, 4) is 0 Å². The second-order valence-electron chi connectivity index (χ2n) is 4.89. The van der Waals surface area contributed by atoms with Gasteiger partial charge in [-0.05, 0) is 27.3 Å². The topological polar surface area (TPSA) is 39.1 Å². The summed E-state index contributed by atoms with van der Waals surface area (Å²) in [6.45, 7) is 7.26. The first-order valence-electron chi connectivity index (χ1n) is 6.27. The van der Waals surface area contributed by atoms with Gasteiger partial charge in [-0.25, -0.2) is 4.98 Å². The van der Waals surface area contributed by atoms with Crippen LogP contribution < -0.4 is 5.32 Å². The lowest BCUT2D eigenvalue weighted by Crippen LogP contribution is -2.49. The molecule has 1 N–H and O–H groups in total. The molecule has 1 aromatic rings. The highest BCUT2D eigenvalue weighted by molar-refractivity contribution is 4.95. The minimum absolute atomic E-state index is 0.192. The van der Waals surface area contributed by atoms with Crippen molar-refractivity contribution in [2.24, 2.45) is 0 Å². The monoisotopic (exact) mass is 239 g/mol. The standard InChI is InChI=1S/C13H25N3O/c1-6-7-12-15-8-9-16(12)10-11(14-4)13(2,3)17-5/h8-9,11,14H,6-7,10H2,1-5H3. The Hall–Kier alpha value is -0.870. The number of nitrogens with one attached hydrogen (secondary N) is 1. The lowest BCUT2D eigenvalue weighted by atomic mass is 9.98. The average molecular weight is 239 g/mol. The van der Waals surface area contributed by atoms with Crippen molar-refractivity contribution < 1.29 is 4.74 Å². The van der Waals surface area contributed by atoms with E-state index in [1.54, 1.807) is 7.11 Å². The van der Waals surface area contributed by atoms with E-state index in [0.29, 0.717) is 0 Å². The fourth-order valence-electron chi connectivity index (χ4n) is 1.96. The number of nitrogens with zero attached hydrogens (tertiary/aromatic N) is 2. The van der Waals surface area contributed by atoms with Crippen LogP contribution in [0, 0.1) is 0 Å². The second kappa shape index (κ2) is 6.17. The van der Waals surface area contributed by atoms with Crippen LogP contribution in [0.25, 0.3) is 0 Å². The Kier molecular flexibility index (Phi) is 5.15. The zero-order chi connectivity index (χ0) is 12.9. The highest BCUT2D eigenvalue weighted by Crippen LogP contribution is 2.16. The summed E-state index contributed by atoms with van der Waals surface area (Å²) < 4.78 is 7.76. The molecule has 4 heteroatoms. The molecule has 0 aliphatic carbocycles. The van der Waals surface area contributed by atoms with E-state index in [1.165, 1.54) is 0 Å². The van der Waals surface area contributed by atoms with Gasteiger partial charge in [-0.15, -0.1) is 0 Å². The van der Waals surface area contributed by atoms with Gasteiger partial charge < -0.3 is 14.6 Å². The molecule has 4 nitrogen and oxygen atoms in total. The molecule has 0 spiro atoms. The van der Waals surface area contributed by atoms with E-state index in [2.05, 4.69) is 35.6 Å². The highest BCUT2D eigenvalue weighted by atomic mass is 16.5. The summed E-state index contributed by atoms with van der Waals surface area (Å²) in [5.74, 6) is 1.15. The largest absolute Gasteiger partial charge is 0.377 e. The fraction of sp³-hybridized carbons (Fsp3) is 0.769. The lowest BCUT2D eigenvalue weighted by molar-refractivity contribution is -0.0129. The Balaban J connectivity index is 2.77. The van der Waals surface area contributed by atoms with Crippen LogP contribution >= 0.6 is 0 Å². The predicted molar refractivity (Wildman–Crippen MR) is 70.2 cm³/mol. The van der Waals surface area contributed by atoms with Gasteiger partial charge in [-0.3, -0.25) is 0 Å². The number of hydrogen-bond acceptors (Lipinski definition) is 3. The van der Waals surface area contributed by atoms with Gasteiger partial charge in [0, 0.05) is 32.5 Å². The summed E-state index contributed by atoms with van der Waals surface area (Å²) in [4.78, 5) is 4.40. The number of hydrogen-bond donors (Lipinski definition) is 1. The van der Waals surface area contributed by atoms with E-state index in [9.17, 15) is 0 Å². The molecule has 0 amide bonds. The van der Waals surface area contributed by atoms with Crippen molar-refractivity contribution in [1.29, 1.82) is 0 Å². The maximum atomic E-state index is 5.54. The quantitative estimate of drug-likeness (QED) is 0.789. The number of aromatic nitrogens is 2. The van der Waals surface area contributed by atoms with E-state index in [-0.39, 0.29) is 11.6 Å². The number of ether oxygens (including phenoxy) is 1. The number of likely N-dealkylation sites (N-methyl/N-ethyl adjacent to an activating group) is 1. The molecule has 1 atom stereocenters. The lowest BCUT2D eigenvalue weighted by Gasteiger charge is -2.33. The van der Waals surface area contributed by atoms with Gasteiger partial charge in [0.2, 0.25) is 0 Å². The first kappa shape index (κ1) is 14.2. The first-order chi connectivity index (χ1) is 8.05. The molecule has 0 bridgehead atoms. The summed E-state index contributed by atoms with van der Waals surface area (Å²) in [5, 5.41) is 3.33. The van der Waals surface area contributed by atoms with Crippen molar-refractivity contribution in [2.45, 2.75) is 51.8 Å². The molecular formula is C13H25N3O. The second-order valence-corrected chi connectivity index (χ2v) is 4.89. The number of rotatable bonds is 7. The van der Waals surface area contributed by atoms with E-state index < -0.39 is 0 Å². The Morgan fingerprint density at radius 1 is 1.53 bits per heavy atom. The molecule has 0 saturated heterocycles. The third kappa shape index (κ3) is 3.54. The zero-order valence-electron chi connectivity index (χ0n) is 11.7. The smallest absolute Gasteiger partial charge is 0.108 e. The molecule has 0 aromatic carbocycles. The molecule has 1 rings (SSSR count). The Labute approximate surface area is 104 Å². The Morgan fingerprint density at radius 3 is 2.76 bits per heavy atom. The molecule has 98 valence electrons. The average Bonchev–Trinajstić information content (AvgIpc) is 2.73. The van der Waals surface area contributed by atoms with Crippen LogP contribution in [0.4, 0.5) is 0 Å². The van der Waals surface area contributed by atoms with Gasteiger partial charge in [0.25, 0.3) is 0 Å². The summed E-state index contributed by atoms with van der Waals surface area (Å²) >= 11 is 0. The van der Waals surface area contributed by atoms with Crippen LogP contribution in [0.2, 0.25) is 0 Å². The summed E-state index contributed by atoms with van der Waals surface area (Å²) in [5.41, 5.74) is -0.192. The van der Waals surface area contributed by atoms with Gasteiger partial charge in [0.15, 0.2) is 0 Å². The normalized spacial score (nSPS) is 13.9. The predicted octanol–water partition coefficient (Wildman–Crippen LogP) is 1.85. The van der Waals surface area contributed by atoms with Gasteiger partial charge in [0.1, 0.15) is 5.82 Å². The Morgan fingerprint density at radius 2 is 2.24 bits per heavy atom. The maximum Gasteiger partial charge on any atom is 0.108 e. The van der Waals surface area contributed by atoms with Gasteiger partial charge >= 0.3 is 0 Å². The van der Waals surface area contributed by atoms with Crippen molar-refractivity contribution in [3.05, 3.63) is 18.2 Å². The van der Waals surface area contributed by atoms with Crippen LogP contribution in [-0.4, -0.2) is 35.4 Å². The molecule has 0 fully saturated rings. The number of methoxy groups -OCH3 is 1. The van der Waals surface area contributed by atoms with E-state index >= 15 is 0 Å². The molecule has 1 heterocycles. The third-order valence-electron chi connectivity index (χ3n) is 3.37. The summed E-state index contributed by atoms with van der Waals surface area (Å²) in [7, 11) is 3.73. The van der Waals surface area contributed by atoms with Crippen LogP contribution in [0.3, 0.4) is 0 Å². The molecular weight excluding hydrogens is 214 g/mol. The zero-order valence-corrected chi connectivity index (χ0v) is 11.7. The first-order valence-corrected chi connectivity index (χ1v) is 6.27. The molecule has 0 radical (unpaired) electrons. The molecule has 0 aliphatic rings. The van der Waals surface area contributed by atoms with Gasteiger partial charge in [0.05, 0.1) is 11.6 Å². The minimum Gasteiger partial charge on any atom is -0.377 e. The molecule has 1 aromatic heterocycles. The Bertz CT molecular complexity index is 333. The van der Waals surface area contributed by atoms with Crippen LogP contribution in [0.15, 0.2) is 12.4 Å². The number of imidazole rings is 1. The third-order valence-corrected chi connectivity index (χ3v) is 3.37. The van der Waals surface area contributed by atoms with Crippen LogP contribution in [-0.2, 0) is 17.7 Å². The number of aryl methyl sites for hydroxylation is 1. The molecule has 17 heavy (non-hydrogen) atoms. The van der Waals surface area contributed by atoms with E-state index in [1.807, 2.05) is 19.4 Å². The SMILES string of the molecule is CCCc1nccn1CC(NC)C(C)(C)OC. The maximum absolute atomic E-state index is 5.54. The molecule has 0 aliphatic heterocycles. The molecule has 1 unspecified atom stereocenters. The van der Waals surface area contributed by atoms with Crippen molar-refractivity contribution in [2.75, 3.05) is 14.2 Å². The van der Waals surface area contributed by atoms with Gasteiger partial charge in [-0.2, -0.15) is 0 Å². The molecule has 0 saturated carbocycles. The van der Waals surface area contributed by atoms with Crippen molar-refractivity contribution in [1.82, 2.24) is 14.9 Å². The summed E-state index contributed by atoms with van der Waals surface area (Å²) in [6.07, 6.45) is 6.06. The van der Waals surface area contributed by atoms with Crippen LogP contribution in [0.5, 0.6) is 0 Å². The van der Waals surface area contributed by atoms with Gasteiger partial charge in [-0.1, -0.05) is 6.92 Å².